The van der Waals surface area contributed by atoms with Gasteiger partial charge in [0.2, 0.25) is 5.91 Å². The van der Waals surface area contributed by atoms with E-state index in [1.807, 2.05) is 0 Å². The molecular weight excluding hydrogens is 310 g/mol. The van der Waals surface area contributed by atoms with E-state index in [1.54, 1.807) is 12.1 Å². The summed E-state index contributed by atoms with van der Waals surface area (Å²) in [5.41, 5.74) is 0.866. The number of benzene rings is 1. The van der Waals surface area contributed by atoms with Gasteiger partial charge in [-0.3, -0.25) is 14.9 Å². The third-order valence-corrected chi connectivity index (χ3v) is 4.33. The van der Waals surface area contributed by atoms with E-state index in [4.69, 9.17) is 0 Å². The van der Waals surface area contributed by atoms with Gasteiger partial charge in [0.25, 0.3) is 5.69 Å². The Hall–Kier alpha value is -2.15. The molecule has 1 aliphatic carbocycles. The van der Waals surface area contributed by atoms with Crippen molar-refractivity contribution in [2.45, 2.75) is 44.6 Å². The lowest BCUT2D eigenvalue weighted by molar-refractivity contribution is -0.384. The number of anilines is 1. The molecule has 1 aromatic carbocycles. The molecule has 7 heteroatoms. The molecule has 1 saturated carbocycles. The number of non-ortho nitro benzene ring substituents is 1. The van der Waals surface area contributed by atoms with Crippen LogP contribution in [0.1, 0.15) is 38.5 Å². The molecule has 7 nitrogen and oxygen atoms in total. The number of carbonyl (C=O) groups excluding carboxylic acids is 1. The first kappa shape index (κ1) is 18.2. The average molecular weight is 335 g/mol. The molecule has 2 rings (SSSR count). The zero-order valence-corrected chi connectivity index (χ0v) is 13.7. The van der Waals surface area contributed by atoms with E-state index in [2.05, 4.69) is 10.6 Å². The highest BCUT2D eigenvalue weighted by Crippen LogP contribution is 2.23. The van der Waals surface area contributed by atoms with E-state index >= 15 is 0 Å². The van der Waals surface area contributed by atoms with Crippen molar-refractivity contribution in [1.29, 1.82) is 0 Å². The third-order valence-electron chi connectivity index (χ3n) is 4.33. The van der Waals surface area contributed by atoms with E-state index in [-0.39, 0.29) is 17.7 Å². The van der Waals surface area contributed by atoms with Gasteiger partial charge in [0.1, 0.15) is 0 Å². The average Bonchev–Trinajstić information content (AvgIpc) is 2.57. The van der Waals surface area contributed by atoms with Crippen LogP contribution in [0, 0.1) is 16.0 Å². The number of nitrogens with one attached hydrogen (secondary N) is 2. The molecule has 0 saturated heterocycles. The number of carbonyl (C=O) groups is 1. The third kappa shape index (κ3) is 6.16. The summed E-state index contributed by atoms with van der Waals surface area (Å²) in [5.74, 6) is 0.413. The Morgan fingerprint density at radius 2 is 2.04 bits per heavy atom. The lowest BCUT2D eigenvalue weighted by Crippen LogP contribution is -2.33. The van der Waals surface area contributed by atoms with E-state index in [0.29, 0.717) is 31.8 Å². The highest BCUT2D eigenvalue weighted by molar-refractivity contribution is 5.75. The number of rotatable bonds is 8. The minimum atomic E-state index is -0.431. The molecule has 0 spiro atoms. The van der Waals surface area contributed by atoms with Crippen molar-refractivity contribution in [3.05, 3.63) is 34.4 Å². The molecule has 1 aromatic rings. The van der Waals surface area contributed by atoms with Crippen LogP contribution in [0.15, 0.2) is 24.3 Å². The smallest absolute Gasteiger partial charge is 0.269 e. The first-order valence-corrected chi connectivity index (χ1v) is 8.47. The Bertz CT molecular complexity index is 547. The number of aliphatic hydroxyl groups is 1. The quantitative estimate of drug-likeness (QED) is 0.384. The van der Waals surface area contributed by atoms with Gasteiger partial charge in [0.05, 0.1) is 11.0 Å². The van der Waals surface area contributed by atoms with Crippen molar-refractivity contribution in [2.24, 2.45) is 5.92 Å². The first-order valence-electron chi connectivity index (χ1n) is 8.47. The highest BCUT2D eigenvalue weighted by atomic mass is 16.6. The molecular formula is C17H25N3O4. The van der Waals surface area contributed by atoms with Crippen LogP contribution in [-0.2, 0) is 4.79 Å². The summed E-state index contributed by atoms with van der Waals surface area (Å²) in [6.07, 6.45) is 4.66. The fraction of sp³-hybridized carbons (Fsp3) is 0.588. The molecule has 24 heavy (non-hydrogen) atoms. The predicted octanol–water partition coefficient (Wildman–Crippen LogP) is 2.45. The van der Waals surface area contributed by atoms with Gasteiger partial charge in [0.15, 0.2) is 0 Å². The van der Waals surface area contributed by atoms with Crippen molar-refractivity contribution in [2.75, 3.05) is 18.4 Å². The molecule has 0 aliphatic heterocycles. The summed E-state index contributed by atoms with van der Waals surface area (Å²) in [6.45, 7) is 1.28. The van der Waals surface area contributed by atoms with E-state index in [0.717, 1.165) is 31.4 Å². The van der Waals surface area contributed by atoms with Gasteiger partial charge in [-0.1, -0.05) is 6.42 Å². The Balaban J connectivity index is 1.58. The minimum absolute atomic E-state index is 0.0283. The van der Waals surface area contributed by atoms with Crippen LogP contribution in [0.4, 0.5) is 11.4 Å². The van der Waals surface area contributed by atoms with Crippen molar-refractivity contribution < 1.29 is 14.8 Å². The van der Waals surface area contributed by atoms with Crippen LogP contribution in [0.25, 0.3) is 0 Å². The van der Waals surface area contributed by atoms with Crippen LogP contribution in [0.3, 0.4) is 0 Å². The second kappa shape index (κ2) is 9.22. The molecule has 0 heterocycles. The summed E-state index contributed by atoms with van der Waals surface area (Å²) in [5, 5.41) is 26.3. The second-order valence-electron chi connectivity index (χ2n) is 6.32. The number of nitrogens with zero attached hydrogens (tertiary/aromatic N) is 1. The van der Waals surface area contributed by atoms with Crippen molar-refractivity contribution in [1.82, 2.24) is 5.32 Å². The molecule has 0 aromatic heterocycles. The monoisotopic (exact) mass is 335 g/mol. The lowest BCUT2D eigenvalue weighted by Gasteiger charge is -2.25. The molecule has 1 fully saturated rings. The number of amides is 1. The van der Waals surface area contributed by atoms with E-state index in [1.165, 1.54) is 12.1 Å². The number of hydrogen-bond acceptors (Lipinski definition) is 5. The van der Waals surface area contributed by atoms with Crippen molar-refractivity contribution in [3.63, 3.8) is 0 Å². The standard InChI is InChI=1S/C17H25N3O4/c21-16-4-1-3-13(11-16)12-19-17(22)5-2-10-18-14-6-8-15(9-7-14)20(23)24/h6-9,13,16,18,21H,1-5,10-12H2,(H,19,22). The molecule has 1 amide bonds. The topological polar surface area (TPSA) is 104 Å². The fourth-order valence-electron chi connectivity index (χ4n) is 2.98. The zero-order valence-electron chi connectivity index (χ0n) is 13.7. The van der Waals surface area contributed by atoms with Crippen molar-refractivity contribution >= 4 is 17.3 Å². The summed E-state index contributed by atoms with van der Waals surface area (Å²) >= 11 is 0. The van der Waals surface area contributed by atoms with Crippen LogP contribution >= 0.6 is 0 Å². The SMILES string of the molecule is O=C(CCCNc1ccc([N+](=O)[O-])cc1)NCC1CCCC(O)C1. The normalized spacial score (nSPS) is 20.4. The van der Waals surface area contributed by atoms with Gasteiger partial charge < -0.3 is 15.7 Å². The fourth-order valence-corrected chi connectivity index (χ4v) is 2.98. The molecule has 3 N–H and O–H groups in total. The number of nitro groups is 1. The Labute approximate surface area is 141 Å². The Morgan fingerprint density at radius 1 is 1.29 bits per heavy atom. The maximum atomic E-state index is 11.8. The largest absolute Gasteiger partial charge is 0.393 e. The van der Waals surface area contributed by atoms with Gasteiger partial charge in [0, 0.05) is 37.3 Å². The minimum Gasteiger partial charge on any atom is -0.393 e. The lowest BCUT2D eigenvalue weighted by atomic mass is 9.87. The Kier molecular flexibility index (Phi) is 6.99. The Morgan fingerprint density at radius 3 is 2.71 bits per heavy atom. The predicted molar refractivity (Wildman–Crippen MR) is 91.8 cm³/mol. The first-order chi connectivity index (χ1) is 11.5. The van der Waals surface area contributed by atoms with E-state index < -0.39 is 4.92 Å². The molecule has 2 atom stereocenters. The zero-order chi connectivity index (χ0) is 17.4. The van der Waals surface area contributed by atoms with Crippen LogP contribution in [0.5, 0.6) is 0 Å². The van der Waals surface area contributed by atoms with Crippen molar-refractivity contribution in [3.8, 4) is 0 Å². The number of aliphatic hydroxyl groups excluding tert-OH is 1. The summed E-state index contributed by atoms with van der Waals surface area (Å²) in [4.78, 5) is 22.0. The molecule has 1 aliphatic rings. The maximum Gasteiger partial charge on any atom is 0.269 e. The van der Waals surface area contributed by atoms with Gasteiger partial charge in [-0.05, 0) is 43.7 Å². The van der Waals surface area contributed by atoms with Gasteiger partial charge in [-0.2, -0.15) is 0 Å². The molecule has 0 radical (unpaired) electrons. The molecule has 132 valence electrons. The van der Waals surface area contributed by atoms with Crippen LogP contribution < -0.4 is 10.6 Å². The highest BCUT2D eigenvalue weighted by Gasteiger charge is 2.20. The van der Waals surface area contributed by atoms with Crippen LogP contribution in [0.2, 0.25) is 0 Å². The number of hydrogen-bond donors (Lipinski definition) is 3. The maximum absolute atomic E-state index is 11.8. The van der Waals surface area contributed by atoms with Crippen LogP contribution in [-0.4, -0.2) is 35.1 Å². The number of nitro benzene ring substituents is 1. The van der Waals surface area contributed by atoms with E-state index in [9.17, 15) is 20.0 Å². The second-order valence-corrected chi connectivity index (χ2v) is 6.32. The van der Waals surface area contributed by atoms with Gasteiger partial charge in [-0.25, -0.2) is 0 Å². The molecule has 0 bridgehead atoms. The summed E-state index contributed by atoms with van der Waals surface area (Å²) in [6, 6.07) is 6.22. The summed E-state index contributed by atoms with van der Waals surface area (Å²) < 4.78 is 0. The molecule has 2 unspecified atom stereocenters. The van der Waals surface area contributed by atoms with Gasteiger partial charge in [-0.15, -0.1) is 0 Å². The summed E-state index contributed by atoms with van der Waals surface area (Å²) in [7, 11) is 0. The van der Waals surface area contributed by atoms with Gasteiger partial charge >= 0.3 is 0 Å².